The van der Waals surface area contributed by atoms with Crippen LogP contribution >= 0.6 is 0 Å². The van der Waals surface area contributed by atoms with E-state index >= 15 is 0 Å². The summed E-state index contributed by atoms with van der Waals surface area (Å²) in [5, 5.41) is 8.20. The van der Waals surface area contributed by atoms with Gasteiger partial charge in [0.1, 0.15) is 11.6 Å². The number of piperidine rings is 1. The number of aromatic nitrogens is 3. The number of fused-ring (bicyclic) bond motifs is 3. The van der Waals surface area contributed by atoms with E-state index in [1.54, 1.807) is 6.20 Å². The Labute approximate surface area is 224 Å². The van der Waals surface area contributed by atoms with Crippen LogP contribution in [-0.4, -0.2) is 38.7 Å². The van der Waals surface area contributed by atoms with Crippen molar-refractivity contribution in [3.05, 3.63) is 48.5 Å². The van der Waals surface area contributed by atoms with Crippen LogP contribution in [0.25, 0.3) is 22.2 Å². The third-order valence-corrected chi connectivity index (χ3v) is 9.15. The molecule has 1 spiro atoms. The number of nitrogens with one attached hydrogen (secondary N) is 3. The smallest absolute Gasteiger partial charge is 0.224 e. The molecule has 2 aromatic heterocycles. The van der Waals surface area contributed by atoms with Crippen LogP contribution in [0.1, 0.15) is 89.4 Å². The number of rotatable bonds is 11. The summed E-state index contributed by atoms with van der Waals surface area (Å²) in [5.74, 6) is 1.45. The van der Waals surface area contributed by atoms with Crippen LogP contribution in [0.15, 0.2) is 42.7 Å². The molecule has 3 aliphatic rings. The number of unbranched alkanes of at least 4 members (excludes halogenated alkanes) is 2. The highest BCUT2D eigenvalue weighted by atomic mass is 16.2. The maximum atomic E-state index is 13.5. The second-order valence-electron chi connectivity index (χ2n) is 11.8. The molecule has 4 heterocycles. The number of carbonyl (C=O) groups excluding carboxylic acids is 2. The second kappa shape index (κ2) is 10.6. The fourth-order valence-corrected chi connectivity index (χ4v) is 6.94. The zero-order valence-electron chi connectivity index (χ0n) is 22.3. The molecule has 38 heavy (non-hydrogen) atoms. The highest BCUT2D eigenvalue weighted by Crippen LogP contribution is 2.62. The minimum absolute atomic E-state index is 0.125. The van der Waals surface area contributed by atoms with Crippen molar-refractivity contribution < 1.29 is 9.59 Å². The predicted octanol–water partition coefficient (Wildman–Crippen LogP) is 5.63. The molecule has 200 valence electrons. The lowest BCUT2D eigenvalue weighted by Gasteiger charge is -2.30. The number of ketones is 1. The number of imidazole rings is 1. The van der Waals surface area contributed by atoms with Crippen LogP contribution in [0.2, 0.25) is 0 Å². The number of carbonyl (C=O) groups is 2. The van der Waals surface area contributed by atoms with Crippen LogP contribution in [0, 0.1) is 11.3 Å². The van der Waals surface area contributed by atoms with Crippen molar-refractivity contribution in [1.82, 2.24) is 25.6 Å². The second-order valence-corrected chi connectivity index (χ2v) is 11.8. The van der Waals surface area contributed by atoms with Gasteiger partial charge < -0.3 is 15.6 Å². The molecule has 3 aromatic rings. The van der Waals surface area contributed by atoms with E-state index in [9.17, 15) is 9.59 Å². The van der Waals surface area contributed by atoms with Crippen molar-refractivity contribution >= 4 is 22.6 Å². The van der Waals surface area contributed by atoms with E-state index in [0.29, 0.717) is 30.7 Å². The summed E-state index contributed by atoms with van der Waals surface area (Å²) in [6, 6.07) is 11.3. The first kappa shape index (κ1) is 25.2. The number of nitrogens with zero attached hydrogens (tertiary/aromatic N) is 2. The molecule has 2 bridgehead atoms. The fourth-order valence-electron chi connectivity index (χ4n) is 6.94. The molecule has 3 fully saturated rings. The third-order valence-electron chi connectivity index (χ3n) is 9.15. The number of Topliss-reactive ketones (excluding diaryl/α,β-unsaturated/α-hetero) is 1. The Morgan fingerprint density at radius 3 is 2.74 bits per heavy atom. The Balaban J connectivity index is 1.15. The summed E-state index contributed by atoms with van der Waals surface area (Å²) in [5.41, 5.74) is 3.17. The number of H-pyrrole nitrogens is 1. The molecule has 2 aliphatic heterocycles. The van der Waals surface area contributed by atoms with Crippen LogP contribution in [0.4, 0.5) is 0 Å². The SMILES string of the molecule is CCC(=O)CCCCC[C@H](NC(=O)C1CC12CC1CCC(C2)N1)c1ncc(-c2ccc3ncccc3c2)[nH]1. The Hall–Kier alpha value is -3.06. The molecule has 4 atom stereocenters. The van der Waals surface area contributed by atoms with Crippen molar-refractivity contribution in [3.63, 3.8) is 0 Å². The van der Waals surface area contributed by atoms with E-state index in [1.165, 1.54) is 12.8 Å². The van der Waals surface area contributed by atoms with Gasteiger partial charge in [-0.1, -0.05) is 31.9 Å². The van der Waals surface area contributed by atoms with E-state index in [4.69, 9.17) is 4.98 Å². The third kappa shape index (κ3) is 5.26. The molecule has 1 aromatic carbocycles. The van der Waals surface area contributed by atoms with E-state index in [2.05, 4.69) is 38.8 Å². The zero-order chi connectivity index (χ0) is 26.1. The van der Waals surface area contributed by atoms with Gasteiger partial charge >= 0.3 is 0 Å². The summed E-state index contributed by atoms with van der Waals surface area (Å²) >= 11 is 0. The number of benzene rings is 1. The fraction of sp³-hybridized carbons (Fsp3) is 0.548. The molecule has 3 unspecified atom stereocenters. The van der Waals surface area contributed by atoms with Crippen molar-refractivity contribution in [3.8, 4) is 11.3 Å². The molecule has 6 rings (SSSR count). The lowest BCUT2D eigenvalue weighted by molar-refractivity contribution is -0.124. The number of pyridine rings is 1. The van der Waals surface area contributed by atoms with E-state index in [-0.39, 0.29) is 23.3 Å². The topological polar surface area (TPSA) is 99.8 Å². The van der Waals surface area contributed by atoms with E-state index < -0.39 is 0 Å². The van der Waals surface area contributed by atoms with Crippen LogP contribution < -0.4 is 10.6 Å². The molecule has 1 saturated carbocycles. The normalized spacial score (nSPS) is 26.5. The molecule has 7 heteroatoms. The first-order valence-corrected chi connectivity index (χ1v) is 14.5. The summed E-state index contributed by atoms with van der Waals surface area (Å²) in [7, 11) is 0. The van der Waals surface area contributed by atoms with Gasteiger partial charge in [0.2, 0.25) is 5.91 Å². The maximum absolute atomic E-state index is 13.5. The van der Waals surface area contributed by atoms with Gasteiger partial charge in [-0.25, -0.2) is 4.98 Å². The van der Waals surface area contributed by atoms with Crippen LogP contribution in [0.3, 0.4) is 0 Å². The van der Waals surface area contributed by atoms with Gasteiger partial charge in [0.15, 0.2) is 0 Å². The zero-order valence-corrected chi connectivity index (χ0v) is 22.3. The van der Waals surface area contributed by atoms with Crippen LogP contribution in [0.5, 0.6) is 0 Å². The molecule has 1 amide bonds. The molecule has 7 nitrogen and oxygen atoms in total. The van der Waals surface area contributed by atoms with Gasteiger partial charge in [-0.2, -0.15) is 0 Å². The minimum Gasteiger partial charge on any atom is -0.346 e. The van der Waals surface area contributed by atoms with Crippen molar-refractivity contribution in [2.45, 2.75) is 95.7 Å². The number of amides is 1. The summed E-state index contributed by atoms with van der Waals surface area (Å²) in [6.45, 7) is 1.92. The monoisotopic (exact) mass is 513 g/mol. The highest BCUT2D eigenvalue weighted by Gasteiger charge is 2.61. The van der Waals surface area contributed by atoms with Crippen molar-refractivity contribution in [2.24, 2.45) is 11.3 Å². The maximum Gasteiger partial charge on any atom is 0.224 e. The Morgan fingerprint density at radius 1 is 1.08 bits per heavy atom. The molecule has 3 N–H and O–H groups in total. The van der Waals surface area contributed by atoms with Gasteiger partial charge in [0.05, 0.1) is 23.4 Å². The van der Waals surface area contributed by atoms with Crippen molar-refractivity contribution in [2.75, 3.05) is 0 Å². The quantitative estimate of drug-likeness (QED) is 0.289. The molecule has 2 saturated heterocycles. The van der Waals surface area contributed by atoms with E-state index in [1.807, 2.05) is 25.3 Å². The number of aromatic amines is 1. The predicted molar refractivity (Wildman–Crippen MR) is 148 cm³/mol. The van der Waals surface area contributed by atoms with Crippen LogP contribution in [-0.2, 0) is 9.59 Å². The summed E-state index contributed by atoms with van der Waals surface area (Å²) < 4.78 is 0. The van der Waals surface area contributed by atoms with Gasteiger partial charge in [-0.15, -0.1) is 0 Å². The highest BCUT2D eigenvalue weighted by molar-refractivity contribution is 5.84. The Bertz CT molecular complexity index is 1300. The molecule has 1 aliphatic carbocycles. The van der Waals surface area contributed by atoms with Crippen molar-refractivity contribution in [1.29, 1.82) is 0 Å². The molecular weight excluding hydrogens is 474 g/mol. The minimum atomic E-state index is -0.156. The summed E-state index contributed by atoms with van der Waals surface area (Å²) in [6.07, 6.45) is 14.4. The standard InChI is InChI=1S/C31H39N5O2/c1-2-24(37)8-4-3-5-9-27(36-30(38)25-18-31(25)16-22-11-12-23(17-31)34-22)29-33-19-28(35-29)21-10-13-26-20(15-21)7-6-14-32-26/h6-7,10,13-15,19,22-23,25,27,34H,2-5,8-9,11-12,16-18H2,1H3,(H,33,35)(H,36,38)/t22?,23?,25?,27-,31?/m0/s1. The lowest BCUT2D eigenvalue weighted by Crippen LogP contribution is -2.41. The largest absolute Gasteiger partial charge is 0.346 e. The van der Waals surface area contributed by atoms with Gasteiger partial charge in [-0.05, 0) is 68.6 Å². The number of hydrogen-bond donors (Lipinski definition) is 3. The number of hydrogen-bond acceptors (Lipinski definition) is 5. The first-order chi connectivity index (χ1) is 18.5. The Morgan fingerprint density at radius 2 is 1.92 bits per heavy atom. The summed E-state index contributed by atoms with van der Waals surface area (Å²) in [4.78, 5) is 37.9. The molecular formula is C31H39N5O2. The molecule has 0 radical (unpaired) electrons. The lowest BCUT2D eigenvalue weighted by atomic mass is 9.86. The average molecular weight is 514 g/mol. The Kier molecular flexibility index (Phi) is 7.04. The van der Waals surface area contributed by atoms with Gasteiger partial charge in [-0.3, -0.25) is 14.6 Å². The van der Waals surface area contributed by atoms with Gasteiger partial charge in [0.25, 0.3) is 0 Å². The van der Waals surface area contributed by atoms with Gasteiger partial charge in [0, 0.05) is 48.0 Å². The first-order valence-electron chi connectivity index (χ1n) is 14.5. The average Bonchev–Trinajstić information content (AvgIpc) is 3.24. The van der Waals surface area contributed by atoms with E-state index in [0.717, 1.165) is 72.9 Å².